The summed E-state index contributed by atoms with van der Waals surface area (Å²) < 4.78 is 42.4. The van der Waals surface area contributed by atoms with Crippen molar-refractivity contribution in [2.24, 2.45) is 0 Å². The Morgan fingerprint density at radius 2 is 1.95 bits per heavy atom. The maximum Gasteiger partial charge on any atom is 0.253 e. The van der Waals surface area contributed by atoms with Gasteiger partial charge in [0.2, 0.25) is 11.8 Å². The van der Waals surface area contributed by atoms with E-state index in [0.717, 1.165) is 17.5 Å². The molecule has 1 aliphatic rings. The number of amides is 1. The van der Waals surface area contributed by atoms with Crippen LogP contribution in [0.2, 0.25) is 0 Å². The van der Waals surface area contributed by atoms with E-state index in [1.54, 1.807) is 12.1 Å². The second kappa shape index (κ2) is 9.69. The molecule has 192 valence electrons. The summed E-state index contributed by atoms with van der Waals surface area (Å²) >= 11 is 0. The minimum atomic E-state index is -0.701. The van der Waals surface area contributed by atoms with Gasteiger partial charge in [0.15, 0.2) is 11.3 Å². The summed E-state index contributed by atoms with van der Waals surface area (Å²) in [5, 5.41) is 2.78. The predicted molar refractivity (Wildman–Crippen MR) is 133 cm³/mol. The predicted octanol–water partition coefficient (Wildman–Crippen LogP) is 4.17. The molecule has 1 saturated heterocycles. The zero-order valence-corrected chi connectivity index (χ0v) is 20.7. The monoisotopic (exact) mass is 509 g/mol. The van der Waals surface area contributed by atoms with Crippen molar-refractivity contribution in [3.63, 3.8) is 0 Å². The minimum absolute atomic E-state index is 0.0279. The van der Waals surface area contributed by atoms with Gasteiger partial charge in [0, 0.05) is 18.3 Å². The Hall–Kier alpha value is -4.19. The van der Waals surface area contributed by atoms with Gasteiger partial charge >= 0.3 is 0 Å². The number of hydrogen-bond donors (Lipinski definition) is 1. The third-order valence-electron chi connectivity index (χ3n) is 6.02. The number of imidazole rings is 1. The van der Waals surface area contributed by atoms with Crippen molar-refractivity contribution in [1.29, 1.82) is 0 Å². The maximum atomic E-state index is 14.9. The molecule has 4 aromatic rings. The lowest BCUT2D eigenvalue weighted by atomic mass is 10.2. The Bertz CT molecular complexity index is 1510. The highest BCUT2D eigenvalue weighted by Crippen LogP contribution is 2.32. The SMILES string of the molecule is COc1nc(-c2nc(Nc3ccc(N4CCOCC4=O)cc3F)ncc2F)cc2c1nc(C)n2C(C)C. The van der Waals surface area contributed by atoms with Gasteiger partial charge in [-0.1, -0.05) is 0 Å². The first-order valence-corrected chi connectivity index (χ1v) is 11.7. The van der Waals surface area contributed by atoms with Crippen LogP contribution in [0.5, 0.6) is 5.88 Å². The Morgan fingerprint density at radius 3 is 2.65 bits per heavy atom. The molecule has 10 nitrogen and oxygen atoms in total. The number of ether oxygens (including phenoxy) is 2. The minimum Gasteiger partial charge on any atom is -0.479 e. The molecule has 0 unspecified atom stereocenters. The smallest absolute Gasteiger partial charge is 0.253 e. The van der Waals surface area contributed by atoms with Crippen molar-refractivity contribution in [2.75, 3.05) is 37.1 Å². The summed E-state index contributed by atoms with van der Waals surface area (Å²) in [5.74, 6) is -0.587. The van der Waals surface area contributed by atoms with E-state index in [1.165, 1.54) is 24.1 Å². The number of aromatic nitrogens is 5. The van der Waals surface area contributed by atoms with Gasteiger partial charge in [0.05, 0.1) is 36.8 Å². The Kier molecular flexibility index (Phi) is 6.42. The lowest BCUT2D eigenvalue weighted by Crippen LogP contribution is -2.41. The van der Waals surface area contributed by atoms with Gasteiger partial charge in [-0.05, 0) is 45.0 Å². The normalized spacial score (nSPS) is 14.0. The number of carbonyl (C=O) groups excluding carboxylic acids is 1. The maximum absolute atomic E-state index is 14.9. The average Bonchev–Trinajstić information content (AvgIpc) is 3.22. The molecule has 0 aliphatic carbocycles. The number of morpholine rings is 1. The fourth-order valence-electron chi connectivity index (χ4n) is 4.39. The standard InChI is InChI=1S/C25H25F2N7O3/c1-13(2)34-14(3)29-23-20(34)10-19(30-24(23)36-4)22-17(27)11-28-25(32-22)31-18-6-5-15(9-16(18)26)33-7-8-37-12-21(33)35/h5-6,9-11,13H,7-8,12H2,1-4H3,(H,28,31,32). The van der Waals surface area contributed by atoms with Crippen LogP contribution in [0.25, 0.3) is 22.4 Å². The summed E-state index contributed by atoms with van der Waals surface area (Å²) in [5.41, 5.74) is 1.90. The summed E-state index contributed by atoms with van der Waals surface area (Å²) in [6.07, 6.45) is 0.993. The van der Waals surface area contributed by atoms with Crippen LogP contribution in [-0.4, -0.2) is 57.3 Å². The molecular weight excluding hydrogens is 484 g/mol. The van der Waals surface area contributed by atoms with E-state index in [1.807, 2.05) is 25.3 Å². The molecule has 0 atom stereocenters. The number of fused-ring (bicyclic) bond motifs is 1. The molecule has 0 saturated carbocycles. The molecule has 37 heavy (non-hydrogen) atoms. The lowest BCUT2D eigenvalue weighted by molar-refractivity contribution is -0.125. The van der Waals surface area contributed by atoms with Gasteiger partial charge in [0.25, 0.3) is 5.91 Å². The number of carbonyl (C=O) groups is 1. The van der Waals surface area contributed by atoms with Gasteiger partial charge < -0.3 is 24.3 Å². The number of nitrogens with one attached hydrogen (secondary N) is 1. The number of aryl methyl sites for hydroxylation is 1. The van der Waals surface area contributed by atoms with Crippen molar-refractivity contribution in [3.8, 4) is 17.3 Å². The molecule has 3 aromatic heterocycles. The van der Waals surface area contributed by atoms with E-state index in [4.69, 9.17) is 9.47 Å². The Morgan fingerprint density at radius 1 is 1.14 bits per heavy atom. The number of halogens is 2. The van der Waals surface area contributed by atoms with Gasteiger partial charge in [-0.15, -0.1) is 0 Å². The van der Waals surface area contributed by atoms with Gasteiger partial charge in [-0.3, -0.25) is 4.79 Å². The molecule has 1 amide bonds. The van der Waals surface area contributed by atoms with Crippen LogP contribution in [0.3, 0.4) is 0 Å². The van der Waals surface area contributed by atoms with Crippen molar-refractivity contribution in [2.45, 2.75) is 26.8 Å². The average molecular weight is 510 g/mol. The van der Waals surface area contributed by atoms with Crippen LogP contribution in [0.4, 0.5) is 26.1 Å². The first kappa shape index (κ1) is 24.5. The van der Waals surface area contributed by atoms with Crippen molar-refractivity contribution in [1.82, 2.24) is 24.5 Å². The zero-order valence-electron chi connectivity index (χ0n) is 20.7. The number of nitrogens with zero attached hydrogens (tertiary/aromatic N) is 6. The summed E-state index contributed by atoms with van der Waals surface area (Å²) in [4.78, 5) is 30.7. The fraction of sp³-hybridized carbons (Fsp3) is 0.320. The molecule has 1 fully saturated rings. The molecule has 1 aromatic carbocycles. The fourth-order valence-corrected chi connectivity index (χ4v) is 4.39. The molecule has 5 rings (SSSR count). The zero-order chi connectivity index (χ0) is 26.3. The summed E-state index contributed by atoms with van der Waals surface area (Å²) in [6, 6.07) is 6.11. The highest BCUT2D eigenvalue weighted by Gasteiger charge is 2.22. The van der Waals surface area contributed by atoms with Gasteiger partial charge in [-0.25, -0.2) is 28.7 Å². The van der Waals surface area contributed by atoms with E-state index < -0.39 is 11.6 Å². The van der Waals surface area contributed by atoms with E-state index in [2.05, 4.69) is 25.3 Å². The van der Waals surface area contributed by atoms with Crippen LogP contribution < -0.4 is 15.0 Å². The van der Waals surface area contributed by atoms with Crippen molar-refractivity contribution in [3.05, 3.63) is 47.9 Å². The second-order valence-corrected chi connectivity index (χ2v) is 8.78. The first-order chi connectivity index (χ1) is 17.8. The third-order valence-corrected chi connectivity index (χ3v) is 6.02. The lowest BCUT2D eigenvalue weighted by Gasteiger charge is -2.27. The largest absolute Gasteiger partial charge is 0.479 e. The van der Waals surface area contributed by atoms with Crippen LogP contribution in [0.1, 0.15) is 25.7 Å². The van der Waals surface area contributed by atoms with Gasteiger partial charge in [-0.2, -0.15) is 0 Å². The topological polar surface area (TPSA) is 107 Å². The Balaban J connectivity index is 1.50. The van der Waals surface area contributed by atoms with Crippen LogP contribution in [0.15, 0.2) is 30.5 Å². The van der Waals surface area contributed by atoms with Crippen LogP contribution >= 0.6 is 0 Å². The highest BCUT2D eigenvalue weighted by molar-refractivity contribution is 5.95. The number of methoxy groups -OCH3 is 1. The van der Waals surface area contributed by atoms with Crippen LogP contribution in [0, 0.1) is 18.6 Å². The summed E-state index contributed by atoms with van der Waals surface area (Å²) in [6.45, 7) is 6.58. The summed E-state index contributed by atoms with van der Waals surface area (Å²) in [7, 11) is 1.47. The second-order valence-electron chi connectivity index (χ2n) is 8.78. The van der Waals surface area contributed by atoms with E-state index >= 15 is 0 Å². The third kappa shape index (κ3) is 4.55. The number of anilines is 3. The molecule has 12 heteroatoms. The quantitative estimate of drug-likeness (QED) is 0.413. The molecule has 0 radical (unpaired) electrons. The number of hydrogen-bond acceptors (Lipinski definition) is 8. The molecule has 1 aliphatic heterocycles. The van der Waals surface area contributed by atoms with E-state index in [0.29, 0.717) is 24.4 Å². The van der Waals surface area contributed by atoms with E-state index in [-0.39, 0.29) is 47.5 Å². The molecule has 0 spiro atoms. The van der Waals surface area contributed by atoms with Crippen molar-refractivity contribution >= 4 is 34.3 Å². The van der Waals surface area contributed by atoms with E-state index in [9.17, 15) is 13.6 Å². The van der Waals surface area contributed by atoms with Gasteiger partial charge in [0.1, 0.15) is 23.9 Å². The highest BCUT2D eigenvalue weighted by atomic mass is 19.1. The first-order valence-electron chi connectivity index (χ1n) is 11.7. The Labute approximate surface area is 211 Å². The van der Waals surface area contributed by atoms with Crippen molar-refractivity contribution < 1.29 is 23.0 Å². The number of pyridine rings is 1. The number of benzene rings is 1. The van der Waals surface area contributed by atoms with Crippen LogP contribution in [-0.2, 0) is 9.53 Å². The molecule has 0 bridgehead atoms. The molecule has 4 heterocycles. The molecular formula is C25H25F2N7O3. The number of rotatable bonds is 6. The molecule has 1 N–H and O–H groups in total.